The molecule has 0 aliphatic rings. The molecule has 0 aromatic heterocycles. The first-order chi connectivity index (χ1) is 4.41. The molecule has 2 nitrogen and oxygen atoms in total. The fourth-order valence-corrected chi connectivity index (χ4v) is 1.14. The van der Waals surface area contributed by atoms with Gasteiger partial charge in [-0.3, -0.25) is 0 Å². The van der Waals surface area contributed by atoms with Crippen molar-refractivity contribution in [3.63, 3.8) is 0 Å². The summed E-state index contributed by atoms with van der Waals surface area (Å²) in [5, 5.41) is 0. The average Bonchev–Trinajstić information content (AvgIpc) is 1.89. The molecule has 0 N–H and O–H groups in total. The molecule has 0 rings (SSSR count). The normalized spacial score (nSPS) is 8.20. The Balaban J connectivity index is 0. The number of hydrogen-bond acceptors (Lipinski definition) is 2. The molecule has 0 radical (unpaired) electrons. The van der Waals surface area contributed by atoms with Crippen LogP contribution in [0.3, 0.4) is 0 Å². The molecule has 0 saturated carbocycles. The average molecular weight is 181 g/mol. The molecule has 0 aromatic carbocycles. The summed E-state index contributed by atoms with van der Waals surface area (Å²) in [7, 11) is 0. The Hall–Kier alpha value is 0.742. The van der Waals surface area contributed by atoms with Crippen LogP contribution in [0.25, 0.3) is 0 Å². The minimum absolute atomic E-state index is 0. The number of halogens is 1. The van der Waals surface area contributed by atoms with E-state index in [-0.39, 0.29) is 28.3 Å². The molecule has 0 amide bonds. The fraction of sp³-hybridized carbons (Fsp3) is 1.00. The molecule has 4 heteroatoms. The molecule has 60 valence electrons. The second-order valence-corrected chi connectivity index (χ2v) is 2.70. The van der Waals surface area contributed by atoms with Gasteiger partial charge in [-0.05, 0) is 0 Å². The summed E-state index contributed by atoms with van der Waals surface area (Å²) in [6, 6.07) is 0. The third-order valence-corrected chi connectivity index (χ3v) is 1.52. The van der Waals surface area contributed by atoms with Gasteiger partial charge in [0.05, 0.1) is 0 Å². The van der Waals surface area contributed by atoms with Gasteiger partial charge in [0.1, 0.15) is 0 Å². The summed E-state index contributed by atoms with van der Waals surface area (Å²) in [4.78, 5) is 0. The van der Waals surface area contributed by atoms with Crippen LogP contribution in [0.4, 0.5) is 0 Å². The molecule has 0 fully saturated rings. The summed E-state index contributed by atoms with van der Waals surface area (Å²) < 4.78 is 10.3. The van der Waals surface area contributed by atoms with Crippen molar-refractivity contribution < 1.29 is 20.0 Å². The fourth-order valence-electron chi connectivity index (χ4n) is 0.380. The SMILES string of the molecule is CCC[O][Al+][O]CCC.[Cl-]. The Morgan fingerprint density at radius 1 is 1.00 bits per heavy atom. The molecule has 0 spiro atoms. The smallest absolute Gasteiger partial charge is 1.00 e. The maximum atomic E-state index is 5.15. The van der Waals surface area contributed by atoms with E-state index in [1.165, 1.54) is 0 Å². The van der Waals surface area contributed by atoms with Crippen molar-refractivity contribution in [1.82, 2.24) is 0 Å². The van der Waals surface area contributed by atoms with Crippen LogP contribution in [-0.2, 0) is 7.58 Å². The predicted octanol–water partition coefficient (Wildman–Crippen LogP) is -1.62. The first kappa shape index (κ1) is 13.3. The van der Waals surface area contributed by atoms with E-state index in [1.54, 1.807) is 0 Å². The summed E-state index contributed by atoms with van der Waals surface area (Å²) in [6.07, 6.45) is 2.17. The number of hydrogen-bond donors (Lipinski definition) is 0. The van der Waals surface area contributed by atoms with Gasteiger partial charge in [0.15, 0.2) is 0 Å². The third kappa shape index (κ3) is 11.5. The first-order valence-corrected chi connectivity index (χ1v) is 4.41. The second kappa shape index (κ2) is 12.4. The van der Waals surface area contributed by atoms with Gasteiger partial charge in [-0.15, -0.1) is 0 Å². The topological polar surface area (TPSA) is 18.5 Å². The van der Waals surface area contributed by atoms with E-state index in [9.17, 15) is 0 Å². The van der Waals surface area contributed by atoms with Crippen molar-refractivity contribution in [2.45, 2.75) is 26.7 Å². The van der Waals surface area contributed by atoms with Crippen molar-refractivity contribution in [2.24, 2.45) is 0 Å². The van der Waals surface area contributed by atoms with E-state index in [2.05, 4.69) is 13.8 Å². The standard InChI is InChI=1S/2C3H7O.Al.ClH/c2*1-2-3-4;;/h2*2-3H2,1H3;;1H/q2*-1;+3;/p-1. The Labute approximate surface area is 76.1 Å². The molecule has 0 aromatic rings. The largest absolute Gasteiger partial charge is 1.00 e. The Morgan fingerprint density at radius 2 is 1.40 bits per heavy atom. The minimum Gasteiger partial charge on any atom is -1.00 e. The van der Waals surface area contributed by atoms with Gasteiger partial charge in [-0.2, -0.15) is 0 Å². The molecule has 0 atom stereocenters. The van der Waals surface area contributed by atoms with Crippen molar-refractivity contribution in [2.75, 3.05) is 13.2 Å². The van der Waals surface area contributed by atoms with Crippen molar-refractivity contribution in [3.8, 4) is 0 Å². The third-order valence-electron chi connectivity index (χ3n) is 0.780. The van der Waals surface area contributed by atoms with E-state index in [1.807, 2.05) is 0 Å². The van der Waals surface area contributed by atoms with E-state index in [0.29, 0.717) is 0 Å². The van der Waals surface area contributed by atoms with Crippen LogP contribution in [0.1, 0.15) is 26.7 Å². The van der Waals surface area contributed by atoms with Crippen LogP contribution < -0.4 is 12.4 Å². The molecular formula is C6H14AlClO2. The monoisotopic (exact) mass is 180 g/mol. The van der Waals surface area contributed by atoms with Crippen LogP contribution >= 0.6 is 0 Å². The van der Waals surface area contributed by atoms with Gasteiger partial charge < -0.3 is 12.4 Å². The predicted molar refractivity (Wildman–Crippen MR) is 38.2 cm³/mol. The first-order valence-electron chi connectivity index (χ1n) is 3.46. The second-order valence-electron chi connectivity index (χ2n) is 1.84. The zero-order valence-corrected chi connectivity index (χ0v) is 8.51. The van der Waals surface area contributed by atoms with Crippen molar-refractivity contribution in [3.05, 3.63) is 0 Å². The quantitative estimate of drug-likeness (QED) is 0.361. The van der Waals surface area contributed by atoms with Gasteiger partial charge in [-0.25, -0.2) is 0 Å². The molecule has 0 saturated heterocycles. The van der Waals surface area contributed by atoms with Crippen LogP contribution in [0, 0.1) is 0 Å². The van der Waals surface area contributed by atoms with Crippen LogP contribution in [0.5, 0.6) is 0 Å². The van der Waals surface area contributed by atoms with Crippen LogP contribution in [0.15, 0.2) is 0 Å². The van der Waals surface area contributed by atoms with E-state index < -0.39 is 0 Å². The van der Waals surface area contributed by atoms with Crippen LogP contribution in [-0.4, -0.2) is 29.1 Å². The molecule has 0 aliphatic heterocycles. The Morgan fingerprint density at radius 3 is 1.70 bits per heavy atom. The van der Waals surface area contributed by atoms with Gasteiger partial charge in [0.25, 0.3) is 0 Å². The van der Waals surface area contributed by atoms with Crippen molar-refractivity contribution in [1.29, 1.82) is 0 Å². The Kier molecular flexibility index (Phi) is 16.6. The van der Waals surface area contributed by atoms with Gasteiger partial charge >= 0.3 is 63.4 Å². The molecule has 0 bridgehead atoms. The van der Waals surface area contributed by atoms with Crippen LogP contribution in [0.2, 0.25) is 0 Å². The van der Waals surface area contributed by atoms with Crippen molar-refractivity contribution >= 4 is 15.9 Å². The number of rotatable bonds is 6. The minimum atomic E-state index is -0.182. The zero-order valence-electron chi connectivity index (χ0n) is 6.60. The maximum Gasteiger partial charge on any atom is -1.00 e. The molecular weight excluding hydrogens is 166 g/mol. The summed E-state index contributed by atoms with van der Waals surface area (Å²) in [5.74, 6) is 0. The van der Waals surface area contributed by atoms with E-state index >= 15 is 0 Å². The summed E-state index contributed by atoms with van der Waals surface area (Å²) in [6.45, 7) is 5.89. The summed E-state index contributed by atoms with van der Waals surface area (Å²) >= 11 is -0.182. The Bertz CT molecular complexity index is 49.0. The van der Waals surface area contributed by atoms with Gasteiger partial charge in [-0.1, -0.05) is 0 Å². The molecule has 0 heterocycles. The molecule has 0 unspecified atom stereocenters. The van der Waals surface area contributed by atoms with E-state index in [4.69, 9.17) is 7.58 Å². The molecule has 10 heavy (non-hydrogen) atoms. The van der Waals surface area contributed by atoms with Gasteiger partial charge in [0, 0.05) is 0 Å². The van der Waals surface area contributed by atoms with Gasteiger partial charge in [0.2, 0.25) is 0 Å². The molecule has 0 aliphatic carbocycles. The zero-order chi connectivity index (χ0) is 6.95. The summed E-state index contributed by atoms with van der Waals surface area (Å²) in [5.41, 5.74) is 0. The van der Waals surface area contributed by atoms with E-state index in [0.717, 1.165) is 26.1 Å². The maximum absolute atomic E-state index is 5.15.